The Balaban J connectivity index is 1.42. The molecule has 0 saturated carbocycles. The van der Waals surface area contributed by atoms with Crippen molar-refractivity contribution >= 4 is 51.3 Å². The fourth-order valence-corrected chi connectivity index (χ4v) is 3.80. The van der Waals surface area contributed by atoms with E-state index in [9.17, 15) is 14.0 Å². The summed E-state index contributed by atoms with van der Waals surface area (Å²) in [6.07, 6.45) is 4.49. The Kier molecular flexibility index (Phi) is 4.71. The van der Waals surface area contributed by atoms with Crippen molar-refractivity contribution in [1.29, 1.82) is 0 Å². The molecule has 1 aromatic heterocycles. The maximum absolute atomic E-state index is 14.5. The number of carbonyl (C=O) groups excluding carboxylic acids is 2. The standard InChI is InChI=1S/C24H19FN4O2/c25-18-13-21-17(12-22(18)27-24(31)20-9-10-23(30)26-20)19(28-29-21)8-6-14-5-7-15-3-1-2-4-16(15)11-14/h1-8,11-13,20H,9-10H2,(H,26,30)(H,27,31)(H,28,29)/t20-/m0/s1. The Morgan fingerprint density at radius 3 is 2.74 bits per heavy atom. The lowest BCUT2D eigenvalue weighted by molar-refractivity contribution is -0.122. The normalized spacial score (nSPS) is 16.3. The highest BCUT2D eigenvalue weighted by Crippen LogP contribution is 2.26. The smallest absolute Gasteiger partial charge is 0.247 e. The maximum Gasteiger partial charge on any atom is 0.247 e. The highest BCUT2D eigenvalue weighted by Gasteiger charge is 2.27. The first-order chi connectivity index (χ1) is 15.1. The lowest BCUT2D eigenvalue weighted by atomic mass is 10.1. The molecule has 1 saturated heterocycles. The van der Waals surface area contributed by atoms with Crippen LogP contribution in [0.3, 0.4) is 0 Å². The lowest BCUT2D eigenvalue weighted by Gasteiger charge is -2.11. The molecule has 0 bridgehead atoms. The van der Waals surface area contributed by atoms with Crippen LogP contribution in [0.2, 0.25) is 0 Å². The predicted molar refractivity (Wildman–Crippen MR) is 119 cm³/mol. The number of fused-ring (bicyclic) bond motifs is 2. The van der Waals surface area contributed by atoms with E-state index in [1.165, 1.54) is 11.5 Å². The molecule has 5 rings (SSSR count). The SMILES string of the molecule is O=C1CC[C@@H](C(=O)Nc2cc3c(C=Cc4ccc5ccccc5c4)n[nH]c3cc2F)N1. The van der Waals surface area contributed by atoms with Gasteiger partial charge in [-0.15, -0.1) is 0 Å². The van der Waals surface area contributed by atoms with Crippen molar-refractivity contribution in [2.75, 3.05) is 5.32 Å². The van der Waals surface area contributed by atoms with Crippen LogP contribution in [0.4, 0.5) is 10.1 Å². The summed E-state index contributed by atoms with van der Waals surface area (Å²) in [7, 11) is 0. The Morgan fingerprint density at radius 1 is 1.10 bits per heavy atom. The molecule has 1 aliphatic heterocycles. The molecule has 0 spiro atoms. The van der Waals surface area contributed by atoms with E-state index in [1.807, 2.05) is 30.4 Å². The van der Waals surface area contributed by atoms with Gasteiger partial charge in [0.05, 0.1) is 16.9 Å². The number of rotatable bonds is 4. The van der Waals surface area contributed by atoms with Crippen molar-refractivity contribution < 1.29 is 14.0 Å². The molecule has 4 aromatic rings. The van der Waals surface area contributed by atoms with Gasteiger partial charge in [0.15, 0.2) is 0 Å². The van der Waals surface area contributed by atoms with Crippen molar-refractivity contribution in [3.05, 3.63) is 71.7 Å². The van der Waals surface area contributed by atoms with Crippen LogP contribution in [0.5, 0.6) is 0 Å². The van der Waals surface area contributed by atoms with E-state index in [1.54, 1.807) is 6.07 Å². The number of hydrogen-bond donors (Lipinski definition) is 3. The number of amides is 2. The zero-order valence-electron chi connectivity index (χ0n) is 16.5. The Morgan fingerprint density at radius 2 is 1.94 bits per heavy atom. The van der Waals surface area contributed by atoms with Crippen LogP contribution in [-0.2, 0) is 9.59 Å². The number of carbonyl (C=O) groups is 2. The van der Waals surface area contributed by atoms with Gasteiger partial charge in [0, 0.05) is 17.9 Å². The summed E-state index contributed by atoms with van der Waals surface area (Å²) < 4.78 is 14.5. The second-order valence-electron chi connectivity index (χ2n) is 7.57. The molecule has 31 heavy (non-hydrogen) atoms. The highest BCUT2D eigenvalue weighted by atomic mass is 19.1. The van der Waals surface area contributed by atoms with Crippen LogP contribution in [0.1, 0.15) is 24.1 Å². The summed E-state index contributed by atoms with van der Waals surface area (Å²) in [5.74, 6) is -1.17. The number of nitrogens with one attached hydrogen (secondary N) is 3. The molecule has 6 nitrogen and oxygen atoms in total. The molecule has 0 aliphatic carbocycles. The Bertz CT molecular complexity index is 1360. The van der Waals surface area contributed by atoms with E-state index < -0.39 is 17.8 Å². The fourth-order valence-electron chi connectivity index (χ4n) is 3.80. The quantitative estimate of drug-likeness (QED) is 0.467. The third-order valence-electron chi connectivity index (χ3n) is 5.46. The van der Waals surface area contributed by atoms with Gasteiger partial charge in [0.1, 0.15) is 11.9 Å². The van der Waals surface area contributed by atoms with Crippen molar-refractivity contribution in [3.8, 4) is 0 Å². The number of nitrogens with zero attached hydrogens (tertiary/aromatic N) is 1. The molecule has 3 N–H and O–H groups in total. The third kappa shape index (κ3) is 3.77. The monoisotopic (exact) mass is 414 g/mol. The van der Waals surface area contributed by atoms with Crippen LogP contribution in [0.25, 0.3) is 33.8 Å². The number of aromatic amines is 1. The zero-order valence-corrected chi connectivity index (χ0v) is 16.5. The minimum absolute atomic E-state index is 0.0559. The van der Waals surface area contributed by atoms with E-state index in [0.717, 1.165) is 10.9 Å². The summed E-state index contributed by atoms with van der Waals surface area (Å²) in [6.45, 7) is 0. The average Bonchev–Trinajstić information content (AvgIpc) is 3.38. The number of halogens is 1. The van der Waals surface area contributed by atoms with Crippen molar-refractivity contribution in [3.63, 3.8) is 0 Å². The molecule has 2 heterocycles. The van der Waals surface area contributed by atoms with Crippen LogP contribution in [0.15, 0.2) is 54.6 Å². The third-order valence-corrected chi connectivity index (χ3v) is 5.46. The molecule has 1 fully saturated rings. The van der Waals surface area contributed by atoms with Crippen LogP contribution in [0, 0.1) is 5.82 Å². The summed E-state index contributed by atoms with van der Waals surface area (Å²) in [5, 5.41) is 15.3. The first-order valence-electron chi connectivity index (χ1n) is 10.0. The van der Waals surface area contributed by atoms with Crippen molar-refractivity contribution in [1.82, 2.24) is 15.5 Å². The average molecular weight is 414 g/mol. The summed E-state index contributed by atoms with van der Waals surface area (Å²) in [6, 6.07) is 16.5. The maximum atomic E-state index is 14.5. The fraction of sp³-hybridized carbons (Fsp3) is 0.125. The first-order valence-corrected chi connectivity index (χ1v) is 10.0. The molecule has 1 aliphatic rings. The minimum Gasteiger partial charge on any atom is -0.344 e. The van der Waals surface area contributed by atoms with Gasteiger partial charge < -0.3 is 10.6 Å². The van der Waals surface area contributed by atoms with Gasteiger partial charge in [0.2, 0.25) is 11.8 Å². The summed E-state index contributed by atoms with van der Waals surface area (Å²) in [4.78, 5) is 23.7. The van der Waals surface area contributed by atoms with Gasteiger partial charge in [-0.1, -0.05) is 42.5 Å². The number of aromatic nitrogens is 2. The summed E-state index contributed by atoms with van der Waals surface area (Å²) in [5.41, 5.74) is 2.23. The topological polar surface area (TPSA) is 86.9 Å². The molecule has 0 radical (unpaired) electrons. The molecule has 3 aromatic carbocycles. The van der Waals surface area contributed by atoms with E-state index in [-0.39, 0.29) is 11.6 Å². The van der Waals surface area contributed by atoms with Crippen molar-refractivity contribution in [2.45, 2.75) is 18.9 Å². The first kappa shape index (κ1) is 19.0. The van der Waals surface area contributed by atoms with Gasteiger partial charge >= 0.3 is 0 Å². The highest BCUT2D eigenvalue weighted by molar-refractivity contribution is 6.01. The molecule has 1 atom stereocenters. The van der Waals surface area contributed by atoms with Gasteiger partial charge in [-0.25, -0.2) is 4.39 Å². The largest absolute Gasteiger partial charge is 0.344 e. The number of H-pyrrole nitrogens is 1. The Labute approximate surface area is 177 Å². The molecular formula is C24H19FN4O2. The van der Waals surface area contributed by atoms with Crippen LogP contribution >= 0.6 is 0 Å². The van der Waals surface area contributed by atoms with Crippen molar-refractivity contribution in [2.24, 2.45) is 0 Å². The molecular weight excluding hydrogens is 395 g/mol. The predicted octanol–water partition coefficient (Wildman–Crippen LogP) is 4.24. The number of hydrogen-bond acceptors (Lipinski definition) is 3. The second-order valence-corrected chi connectivity index (χ2v) is 7.57. The van der Waals surface area contributed by atoms with E-state index in [4.69, 9.17) is 0 Å². The van der Waals surface area contributed by atoms with Gasteiger partial charge in [-0.2, -0.15) is 5.10 Å². The molecule has 154 valence electrons. The van der Waals surface area contributed by atoms with Gasteiger partial charge in [0.25, 0.3) is 0 Å². The van der Waals surface area contributed by atoms with Crippen LogP contribution < -0.4 is 10.6 Å². The van der Waals surface area contributed by atoms with E-state index in [2.05, 4.69) is 45.1 Å². The molecule has 2 amide bonds. The summed E-state index contributed by atoms with van der Waals surface area (Å²) >= 11 is 0. The van der Waals surface area contributed by atoms with E-state index >= 15 is 0 Å². The zero-order chi connectivity index (χ0) is 21.4. The number of benzene rings is 3. The lowest BCUT2D eigenvalue weighted by Crippen LogP contribution is -2.37. The Hall–Kier alpha value is -4.00. The van der Waals surface area contributed by atoms with Gasteiger partial charge in [-0.05, 0) is 41.0 Å². The van der Waals surface area contributed by atoms with E-state index in [0.29, 0.717) is 29.4 Å². The van der Waals surface area contributed by atoms with Crippen LogP contribution in [-0.4, -0.2) is 28.1 Å². The van der Waals surface area contributed by atoms with Gasteiger partial charge in [-0.3, -0.25) is 14.7 Å². The molecule has 7 heteroatoms. The minimum atomic E-state index is -0.640. The molecule has 0 unspecified atom stereocenters. The number of anilines is 1. The second kappa shape index (κ2) is 7.68.